The minimum Gasteiger partial charge on any atom is -0.497 e. The van der Waals surface area contributed by atoms with E-state index >= 15 is 0 Å². The Balaban J connectivity index is 1.50. The van der Waals surface area contributed by atoms with Crippen LogP contribution < -0.4 is 10.1 Å². The van der Waals surface area contributed by atoms with Crippen LogP contribution in [-0.4, -0.2) is 50.8 Å². The average Bonchev–Trinajstić information content (AvgIpc) is 2.80. The summed E-state index contributed by atoms with van der Waals surface area (Å²) in [5.74, 6) is 0.821. The van der Waals surface area contributed by atoms with E-state index in [0.717, 1.165) is 37.6 Å². The molecule has 1 N–H and O–H groups in total. The van der Waals surface area contributed by atoms with Gasteiger partial charge in [-0.1, -0.05) is 54.6 Å². The summed E-state index contributed by atoms with van der Waals surface area (Å²) in [6.45, 7) is 3.75. The van der Waals surface area contributed by atoms with E-state index in [2.05, 4.69) is 52.7 Å². The zero-order valence-corrected chi connectivity index (χ0v) is 17.3. The molecule has 1 aliphatic rings. The second-order valence-electron chi connectivity index (χ2n) is 7.56. The number of hydrogen-bond acceptors (Lipinski definition) is 4. The molecular weight excluding hydrogens is 376 g/mol. The van der Waals surface area contributed by atoms with Gasteiger partial charge in [-0.2, -0.15) is 0 Å². The summed E-state index contributed by atoms with van der Waals surface area (Å²) in [5, 5.41) is 5.62. The number of benzene rings is 3. The van der Waals surface area contributed by atoms with E-state index in [-0.39, 0.29) is 11.9 Å². The molecule has 0 radical (unpaired) electrons. The predicted molar refractivity (Wildman–Crippen MR) is 119 cm³/mol. The van der Waals surface area contributed by atoms with Gasteiger partial charge < -0.3 is 14.8 Å². The molecule has 0 bridgehead atoms. The van der Waals surface area contributed by atoms with Gasteiger partial charge in [0.05, 0.1) is 32.8 Å². The molecule has 1 amide bonds. The maximum atomic E-state index is 12.7. The van der Waals surface area contributed by atoms with Crippen molar-refractivity contribution in [3.8, 4) is 5.75 Å². The molecule has 0 aromatic heterocycles. The van der Waals surface area contributed by atoms with Gasteiger partial charge >= 0.3 is 0 Å². The zero-order valence-electron chi connectivity index (χ0n) is 17.3. The highest BCUT2D eigenvalue weighted by molar-refractivity contribution is 5.86. The SMILES string of the molecule is COc1ccc(CC(=O)NCC(c2cccc3ccccc23)N2CCOCC2)cc1. The van der Waals surface area contributed by atoms with Crippen LogP contribution in [0.5, 0.6) is 5.75 Å². The van der Waals surface area contributed by atoms with Crippen molar-refractivity contribution in [2.75, 3.05) is 40.0 Å². The Morgan fingerprint density at radius 2 is 1.77 bits per heavy atom. The van der Waals surface area contributed by atoms with E-state index in [1.54, 1.807) is 7.11 Å². The number of carbonyl (C=O) groups excluding carboxylic acids is 1. The van der Waals surface area contributed by atoms with E-state index in [0.29, 0.717) is 13.0 Å². The molecular formula is C25H28N2O3. The van der Waals surface area contributed by atoms with Crippen molar-refractivity contribution >= 4 is 16.7 Å². The smallest absolute Gasteiger partial charge is 0.224 e. The topological polar surface area (TPSA) is 50.8 Å². The highest BCUT2D eigenvalue weighted by Crippen LogP contribution is 2.28. The fourth-order valence-electron chi connectivity index (χ4n) is 4.07. The minimum absolute atomic E-state index is 0.0265. The molecule has 1 atom stereocenters. The maximum Gasteiger partial charge on any atom is 0.224 e. The van der Waals surface area contributed by atoms with Gasteiger partial charge in [0.25, 0.3) is 0 Å². The lowest BCUT2D eigenvalue weighted by molar-refractivity contribution is -0.120. The number of amides is 1. The number of rotatable bonds is 7. The Morgan fingerprint density at radius 1 is 1.03 bits per heavy atom. The Labute approximate surface area is 177 Å². The largest absolute Gasteiger partial charge is 0.497 e. The van der Waals surface area contributed by atoms with Crippen LogP contribution in [0, 0.1) is 0 Å². The number of morpholine rings is 1. The minimum atomic E-state index is 0.0265. The summed E-state index contributed by atoms with van der Waals surface area (Å²) in [5.41, 5.74) is 2.22. The van der Waals surface area contributed by atoms with Crippen LogP contribution in [-0.2, 0) is 16.0 Å². The highest BCUT2D eigenvalue weighted by Gasteiger charge is 2.24. The first kappa shape index (κ1) is 20.4. The lowest BCUT2D eigenvalue weighted by Crippen LogP contribution is -2.44. The molecule has 1 fully saturated rings. The molecule has 156 valence electrons. The van der Waals surface area contributed by atoms with Crippen molar-refractivity contribution in [1.82, 2.24) is 10.2 Å². The predicted octanol–water partition coefficient (Wildman–Crippen LogP) is 3.58. The normalized spacial score (nSPS) is 15.6. The van der Waals surface area contributed by atoms with Crippen LogP contribution >= 0.6 is 0 Å². The third-order valence-corrected chi connectivity index (χ3v) is 5.69. The van der Waals surface area contributed by atoms with Crippen LogP contribution in [0.25, 0.3) is 10.8 Å². The fraction of sp³-hybridized carbons (Fsp3) is 0.320. The van der Waals surface area contributed by atoms with Crippen LogP contribution in [0.2, 0.25) is 0 Å². The van der Waals surface area contributed by atoms with Crippen molar-refractivity contribution < 1.29 is 14.3 Å². The summed E-state index contributed by atoms with van der Waals surface area (Å²) in [6, 6.07) is 22.6. The molecule has 0 saturated carbocycles. The number of ether oxygens (including phenoxy) is 2. The van der Waals surface area contributed by atoms with Gasteiger partial charge in [0, 0.05) is 19.6 Å². The molecule has 1 saturated heterocycles. The van der Waals surface area contributed by atoms with Crippen LogP contribution in [0.4, 0.5) is 0 Å². The standard InChI is InChI=1S/C25H28N2O3/c1-29-21-11-9-19(10-12-21)17-25(28)26-18-24(27-13-15-30-16-14-27)23-8-4-6-20-5-2-3-7-22(20)23/h2-12,24H,13-18H2,1H3,(H,26,28). The van der Waals surface area contributed by atoms with Gasteiger partial charge in [-0.15, -0.1) is 0 Å². The van der Waals surface area contributed by atoms with E-state index in [1.807, 2.05) is 24.3 Å². The molecule has 1 heterocycles. The molecule has 5 heteroatoms. The highest BCUT2D eigenvalue weighted by atomic mass is 16.5. The van der Waals surface area contributed by atoms with Crippen molar-refractivity contribution in [2.24, 2.45) is 0 Å². The summed E-state index contributed by atoms with van der Waals surface area (Å²) in [6.07, 6.45) is 0.357. The summed E-state index contributed by atoms with van der Waals surface area (Å²) in [4.78, 5) is 15.1. The Hall–Kier alpha value is -2.89. The Morgan fingerprint density at radius 3 is 2.53 bits per heavy atom. The summed E-state index contributed by atoms with van der Waals surface area (Å²) >= 11 is 0. The van der Waals surface area contributed by atoms with Gasteiger partial charge in [-0.25, -0.2) is 0 Å². The fourth-order valence-corrected chi connectivity index (χ4v) is 4.07. The van der Waals surface area contributed by atoms with Gasteiger partial charge in [-0.3, -0.25) is 9.69 Å². The van der Waals surface area contributed by atoms with E-state index < -0.39 is 0 Å². The van der Waals surface area contributed by atoms with Gasteiger partial charge in [0.1, 0.15) is 5.75 Å². The van der Waals surface area contributed by atoms with Crippen LogP contribution in [0.15, 0.2) is 66.7 Å². The van der Waals surface area contributed by atoms with E-state index in [4.69, 9.17) is 9.47 Å². The number of carbonyl (C=O) groups is 1. The van der Waals surface area contributed by atoms with Gasteiger partial charge in [-0.05, 0) is 34.0 Å². The number of methoxy groups -OCH3 is 1. The zero-order chi connectivity index (χ0) is 20.8. The molecule has 1 unspecified atom stereocenters. The monoisotopic (exact) mass is 404 g/mol. The second-order valence-corrected chi connectivity index (χ2v) is 7.56. The van der Waals surface area contributed by atoms with Crippen molar-refractivity contribution in [3.05, 3.63) is 77.9 Å². The second kappa shape index (κ2) is 9.74. The number of fused-ring (bicyclic) bond motifs is 1. The van der Waals surface area contributed by atoms with Crippen LogP contribution in [0.1, 0.15) is 17.2 Å². The van der Waals surface area contributed by atoms with Crippen molar-refractivity contribution in [2.45, 2.75) is 12.5 Å². The molecule has 3 aromatic carbocycles. The van der Waals surface area contributed by atoms with Gasteiger partial charge in [0.15, 0.2) is 0 Å². The average molecular weight is 405 g/mol. The third-order valence-electron chi connectivity index (χ3n) is 5.69. The first-order chi connectivity index (χ1) is 14.7. The molecule has 3 aromatic rings. The first-order valence-electron chi connectivity index (χ1n) is 10.4. The van der Waals surface area contributed by atoms with Crippen LogP contribution in [0.3, 0.4) is 0 Å². The number of hydrogen-bond donors (Lipinski definition) is 1. The molecule has 5 nitrogen and oxygen atoms in total. The molecule has 0 aliphatic carbocycles. The molecule has 4 rings (SSSR count). The first-order valence-corrected chi connectivity index (χ1v) is 10.4. The third kappa shape index (κ3) is 4.81. The number of nitrogens with one attached hydrogen (secondary N) is 1. The van der Waals surface area contributed by atoms with Crippen molar-refractivity contribution in [1.29, 1.82) is 0 Å². The Kier molecular flexibility index (Phi) is 6.62. The lowest BCUT2D eigenvalue weighted by atomic mass is 9.97. The van der Waals surface area contributed by atoms with E-state index in [1.165, 1.54) is 16.3 Å². The quantitative estimate of drug-likeness (QED) is 0.654. The lowest BCUT2D eigenvalue weighted by Gasteiger charge is -2.35. The van der Waals surface area contributed by atoms with Crippen molar-refractivity contribution in [3.63, 3.8) is 0 Å². The number of nitrogens with zero attached hydrogens (tertiary/aromatic N) is 1. The van der Waals surface area contributed by atoms with Gasteiger partial charge in [0.2, 0.25) is 5.91 Å². The molecule has 0 spiro atoms. The molecule has 30 heavy (non-hydrogen) atoms. The maximum absolute atomic E-state index is 12.7. The summed E-state index contributed by atoms with van der Waals surface area (Å²) < 4.78 is 10.7. The summed E-state index contributed by atoms with van der Waals surface area (Å²) in [7, 11) is 1.64. The molecule has 1 aliphatic heterocycles. The Bertz CT molecular complexity index is 976. The van der Waals surface area contributed by atoms with E-state index in [9.17, 15) is 4.79 Å².